The average Bonchev–Trinajstić information content (AvgIpc) is 3.53. The Balaban J connectivity index is 1.52. The van der Waals surface area contributed by atoms with Gasteiger partial charge in [0.05, 0.1) is 28.4 Å². The molecule has 1 aliphatic rings. The third-order valence-corrected chi connectivity index (χ3v) is 7.92. The number of aromatic nitrogens is 1. The van der Waals surface area contributed by atoms with Crippen molar-refractivity contribution >= 4 is 62.1 Å². The fourth-order valence-electron chi connectivity index (χ4n) is 4.00. The molecule has 0 saturated carbocycles. The SMILES string of the molecule is Cc1cc(/C=C2/SC(=Nc3ccccc3)N(Cc3ccco3)C2=O)c(C)n1-c1ccc(Br)c(Cl)c1. The Kier molecular flexibility index (Phi) is 6.73. The van der Waals surface area contributed by atoms with Gasteiger partial charge in [0.1, 0.15) is 5.76 Å². The highest BCUT2D eigenvalue weighted by Crippen LogP contribution is 2.36. The molecule has 35 heavy (non-hydrogen) atoms. The first kappa shape index (κ1) is 23.7. The highest BCUT2D eigenvalue weighted by Gasteiger charge is 2.34. The number of carbonyl (C=O) groups is 1. The summed E-state index contributed by atoms with van der Waals surface area (Å²) >= 11 is 11.2. The van der Waals surface area contributed by atoms with Crippen LogP contribution in [0.4, 0.5) is 5.69 Å². The van der Waals surface area contributed by atoms with E-state index in [-0.39, 0.29) is 5.91 Å². The van der Waals surface area contributed by atoms with Crippen LogP contribution in [0, 0.1) is 13.8 Å². The molecule has 0 spiro atoms. The summed E-state index contributed by atoms with van der Waals surface area (Å²) in [6.07, 6.45) is 3.55. The number of halogens is 2. The van der Waals surface area contributed by atoms with Crippen LogP contribution in [0.15, 0.2) is 91.8 Å². The summed E-state index contributed by atoms with van der Waals surface area (Å²) in [6, 6.07) is 21.3. The highest BCUT2D eigenvalue weighted by atomic mass is 79.9. The maximum Gasteiger partial charge on any atom is 0.267 e. The molecular weight excluding hydrogens is 546 g/mol. The summed E-state index contributed by atoms with van der Waals surface area (Å²) < 4.78 is 8.49. The first-order valence-electron chi connectivity index (χ1n) is 10.9. The molecule has 5 rings (SSSR count). The first-order valence-corrected chi connectivity index (χ1v) is 12.9. The van der Waals surface area contributed by atoms with Crippen molar-refractivity contribution in [2.45, 2.75) is 20.4 Å². The van der Waals surface area contributed by atoms with Crippen LogP contribution in [-0.4, -0.2) is 20.5 Å². The van der Waals surface area contributed by atoms with Gasteiger partial charge in [-0.15, -0.1) is 0 Å². The van der Waals surface area contributed by atoms with E-state index >= 15 is 0 Å². The molecule has 2 aromatic carbocycles. The van der Waals surface area contributed by atoms with Crippen LogP contribution in [0.5, 0.6) is 0 Å². The van der Waals surface area contributed by atoms with E-state index < -0.39 is 0 Å². The molecule has 0 N–H and O–H groups in total. The minimum absolute atomic E-state index is 0.0995. The molecule has 3 heterocycles. The van der Waals surface area contributed by atoms with Gasteiger partial charge in [-0.3, -0.25) is 9.69 Å². The number of furan rings is 1. The molecular formula is C27H21BrClN3O2S. The number of amides is 1. The molecule has 1 saturated heterocycles. The molecule has 8 heteroatoms. The van der Waals surface area contributed by atoms with Gasteiger partial charge >= 0.3 is 0 Å². The zero-order chi connectivity index (χ0) is 24.5. The van der Waals surface area contributed by atoms with E-state index in [0.717, 1.165) is 32.8 Å². The van der Waals surface area contributed by atoms with E-state index in [0.29, 0.717) is 27.4 Å². The number of amidine groups is 1. The molecule has 2 aromatic heterocycles. The van der Waals surface area contributed by atoms with E-state index in [1.54, 1.807) is 11.2 Å². The number of rotatable bonds is 5. The summed E-state index contributed by atoms with van der Waals surface area (Å²) in [5.41, 5.74) is 4.80. The Morgan fingerprint density at radius 2 is 1.89 bits per heavy atom. The van der Waals surface area contributed by atoms with Crippen LogP contribution in [0.25, 0.3) is 11.8 Å². The summed E-state index contributed by atoms with van der Waals surface area (Å²) in [5.74, 6) is 0.601. The summed E-state index contributed by atoms with van der Waals surface area (Å²) in [7, 11) is 0. The van der Waals surface area contributed by atoms with Crippen molar-refractivity contribution < 1.29 is 9.21 Å². The van der Waals surface area contributed by atoms with Gasteiger partial charge in [0.2, 0.25) is 0 Å². The van der Waals surface area contributed by atoms with Crippen molar-refractivity contribution in [1.82, 2.24) is 9.47 Å². The van der Waals surface area contributed by atoms with Crippen LogP contribution in [-0.2, 0) is 11.3 Å². The highest BCUT2D eigenvalue weighted by molar-refractivity contribution is 9.10. The lowest BCUT2D eigenvalue weighted by Gasteiger charge is -2.13. The second-order valence-corrected chi connectivity index (χ2v) is 10.3. The minimum Gasteiger partial charge on any atom is -0.467 e. The maximum atomic E-state index is 13.5. The molecule has 4 aromatic rings. The van der Waals surface area contributed by atoms with Crippen molar-refractivity contribution in [3.63, 3.8) is 0 Å². The van der Waals surface area contributed by atoms with E-state index in [1.807, 2.05) is 80.6 Å². The third kappa shape index (κ3) is 4.89. The molecule has 0 atom stereocenters. The average molecular weight is 567 g/mol. The number of aliphatic imine (C=N–C) groups is 1. The molecule has 1 fully saturated rings. The maximum absolute atomic E-state index is 13.5. The van der Waals surface area contributed by atoms with Gasteiger partial charge in [0, 0.05) is 21.5 Å². The van der Waals surface area contributed by atoms with Crippen molar-refractivity contribution in [1.29, 1.82) is 0 Å². The number of hydrogen-bond acceptors (Lipinski definition) is 4. The molecule has 0 radical (unpaired) electrons. The van der Waals surface area contributed by atoms with Crippen molar-refractivity contribution in [3.8, 4) is 5.69 Å². The Morgan fingerprint density at radius 3 is 2.60 bits per heavy atom. The molecule has 0 aliphatic carbocycles. The van der Waals surface area contributed by atoms with E-state index in [2.05, 4.69) is 26.6 Å². The summed E-state index contributed by atoms with van der Waals surface area (Å²) in [6.45, 7) is 4.40. The number of carbonyl (C=O) groups excluding carboxylic acids is 1. The predicted molar refractivity (Wildman–Crippen MR) is 146 cm³/mol. The lowest BCUT2D eigenvalue weighted by molar-refractivity contribution is -0.122. The van der Waals surface area contributed by atoms with Gasteiger partial charge in [-0.25, -0.2) is 4.99 Å². The molecule has 176 valence electrons. The fraction of sp³-hybridized carbons (Fsp3) is 0.111. The van der Waals surface area contributed by atoms with Crippen LogP contribution in [0.3, 0.4) is 0 Å². The minimum atomic E-state index is -0.0995. The third-order valence-electron chi connectivity index (χ3n) is 5.68. The molecule has 1 aliphatic heterocycles. The normalized spacial score (nSPS) is 16.1. The largest absolute Gasteiger partial charge is 0.467 e. The van der Waals surface area contributed by atoms with Crippen molar-refractivity contribution in [3.05, 3.63) is 110 Å². The summed E-state index contributed by atoms with van der Waals surface area (Å²) in [4.78, 5) is 20.5. The lowest BCUT2D eigenvalue weighted by Crippen LogP contribution is -2.28. The fourth-order valence-corrected chi connectivity index (χ4v) is 5.41. The zero-order valence-electron chi connectivity index (χ0n) is 19.0. The van der Waals surface area contributed by atoms with E-state index in [1.165, 1.54) is 11.8 Å². The van der Waals surface area contributed by atoms with Crippen LogP contribution < -0.4 is 0 Å². The topological polar surface area (TPSA) is 50.7 Å². The van der Waals surface area contributed by atoms with Crippen LogP contribution >= 0.6 is 39.3 Å². The van der Waals surface area contributed by atoms with Crippen molar-refractivity contribution in [2.24, 2.45) is 4.99 Å². The Morgan fingerprint density at radius 1 is 1.09 bits per heavy atom. The smallest absolute Gasteiger partial charge is 0.267 e. The number of hydrogen-bond donors (Lipinski definition) is 0. The molecule has 0 unspecified atom stereocenters. The molecule has 1 amide bonds. The zero-order valence-corrected chi connectivity index (χ0v) is 22.2. The Bertz CT molecular complexity index is 1460. The standard InChI is InChI=1S/C27H21BrClN3O2S/c1-17-13-19(18(2)32(17)21-10-11-23(28)24(29)15-21)14-25-26(33)31(16-22-9-6-12-34-22)27(35-25)30-20-7-4-3-5-8-20/h3-15H,16H2,1-2H3/b25-14+,30-27?. The number of nitrogens with zero attached hydrogens (tertiary/aromatic N) is 3. The van der Waals surface area contributed by atoms with Gasteiger partial charge < -0.3 is 8.98 Å². The van der Waals surface area contributed by atoms with Gasteiger partial charge in [-0.2, -0.15) is 0 Å². The molecule has 5 nitrogen and oxygen atoms in total. The van der Waals surface area contributed by atoms with Gasteiger partial charge in [-0.1, -0.05) is 29.8 Å². The van der Waals surface area contributed by atoms with Gasteiger partial charge in [0.15, 0.2) is 5.17 Å². The van der Waals surface area contributed by atoms with Crippen LogP contribution in [0.1, 0.15) is 22.7 Å². The van der Waals surface area contributed by atoms with Crippen LogP contribution in [0.2, 0.25) is 5.02 Å². The monoisotopic (exact) mass is 565 g/mol. The number of para-hydroxylation sites is 1. The van der Waals surface area contributed by atoms with E-state index in [9.17, 15) is 4.79 Å². The first-order chi connectivity index (χ1) is 16.9. The Hall–Kier alpha value is -3.00. The number of benzene rings is 2. The second kappa shape index (κ2) is 9.93. The molecule has 0 bridgehead atoms. The Labute approximate surface area is 221 Å². The van der Waals surface area contributed by atoms with Crippen molar-refractivity contribution in [2.75, 3.05) is 0 Å². The predicted octanol–water partition coefficient (Wildman–Crippen LogP) is 7.91. The van der Waals surface area contributed by atoms with Gasteiger partial charge in [-0.05, 0) is 102 Å². The van der Waals surface area contributed by atoms with E-state index in [4.69, 9.17) is 21.0 Å². The number of aryl methyl sites for hydroxylation is 1. The summed E-state index contributed by atoms with van der Waals surface area (Å²) in [5, 5.41) is 1.27. The van der Waals surface area contributed by atoms with Gasteiger partial charge in [0.25, 0.3) is 5.91 Å². The second-order valence-electron chi connectivity index (χ2n) is 8.07. The number of thioether (sulfide) groups is 1. The quantitative estimate of drug-likeness (QED) is 0.231. The lowest BCUT2D eigenvalue weighted by atomic mass is 10.2.